The standard InChI is InChI=1S/C18H18BrN5O3S2/c19-14-4-1-3-13(11-14)12-20-18(25)23-7-9-24(10-8-23)29(26,27)16-6-2-5-15-17(16)22-28-21-15/h1-6,11H,7-10,12H2,(H,20,25). The minimum atomic E-state index is -3.69. The van der Waals surface area contributed by atoms with Gasteiger partial charge in [-0.3, -0.25) is 0 Å². The maximum atomic E-state index is 13.1. The number of rotatable bonds is 4. The Hall–Kier alpha value is -2.08. The summed E-state index contributed by atoms with van der Waals surface area (Å²) < 4.78 is 36.7. The van der Waals surface area contributed by atoms with Gasteiger partial charge in [-0.25, -0.2) is 13.2 Å². The van der Waals surface area contributed by atoms with E-state index in [9.17, 15) is 13.2 Å². The average Bonchev–Trinajstić information content (AvgIpc) is 3.21. The predicted molar refractivity (Wildman–Crippen MR) is 114 cm³/mol. The van der Waals surface area contributed by atoms with E-state index in [-0.39, 0.29) is 24.0 Å². The van der Waals surface area contributed by atoms with Crippen LogP contribution in [0.2, 0.25) is 0 Å². The summed E-state index contributed by atoms with van der Waals surface area (Å²) in [4.78, 5) is 14.2. The van der Waals surface area contributed by atoms with Crippen LogP contribution in [0.1, 0.15) is 5.56 Å². The van der Waals surface area contributed by atoms with Gasteiger partial charge in [-0.05, 0) is 29.8 Å². The minimum Gasteiger partial charge on any atom is -0.334 e. The fourth-order valence-electron chi connectivity index (χ4n) is 3.20. The first-order valence-electron chi connectivity index (χ1n) is 8.94. The van der Waals surface area contributed by atoms with Gasteiger partial charge >= 0.3 is 6.03 Å². The molecule has 11 heteroatoms. The Morgan fingerprint density at radius 3 is 2.62 bits per heavy atom. The smallest absolute Gasteiger partial charge is 0.317 e. The third-order valence-corrected chi connectivity index (χ3v) is 7.69. The van der Waals surface area contributed by atoms with Crippen molar-refractivity contribution in [2.75, 3.05) is 26.2 Å². The van der Waals surface area contributed by atoms with Crippen molar-refractivity contribution in [2.45, 2.75) is 11.4 Å². The Bertz CT molecular complexity index is 1140. The SMILES string of the molecule is O=C(NCc1cccc(Br)c1)N1CCN(S(=O)(=O)c2cccc3nsnc23)CC1. The Morgan fingerprint density at radius 1 is 1.10 bits per heavy atom. The van der Waals surface area contributed by atoms with E-state index in [1.807, 2.05) is 24.3 Å². The van der Waals surface area contributed by atoms with Crippen LogP contribution < -0.4 is 5.32 Å². The highest BCUT2D eigenvalue weighted by molar-refractivity contribution is 9.10. The molecule has 1 saturated heterocycles. The van der Waals surface area contributed by atoms with E-state index in [0.29, 0.717) is 30.7 Å². The van der Waals surface area contributed by atoms with Crippen molar-refractivity contribution >= 4 is 54.7 Å². The average molecular weight is 496 g/mol. The number of fused-ring (bicyclic) bond motifs is 1. The van der Waals surface area contributed by atoms with Crippen molar-refractivity contribution in [3.05, 3.63) is 52.5 Å². The van der Waals surface area contributed by atoms with Crippen LogP contribution in [0.5, 0.6) is 0 Å². The fourth-order valence-corrected chi connectivity index (χ4v) is 5.82. The van der Waals surface area contributed by atoms with Gasteiger partial charge in [0.25, 0.3) is 0 Å². The molecule has 1 aliphatic heterocycles. The van der Waals surface area contributed by atoms with Crippen LogP contribution in [0.15, 0.2) is 51.8 Å². The number of sulfonamides is 1. The van der Waals surface area contributed by atoms with Gasteiger partial charge in [0.05, 0.1) is 11.7 Å². The summed E-state index contributed by atoms with van der Waals surface area (Å²) in [6.45, 7) is 1.54. The Labute approximate surface area is 181 Å². The first-order chi connectivity index (χ1) is 13.9. The summed E-state index contributed by atoms with van der Waals surface area (Å²) >= 11 is 4.40. The summed E-state index contributed by atoms with van der Waals surface area (Å²) in [5.41, 5.74) is 1.95. The summed E-state index contributed by atoms with van der Waals surface area (Å²) in [6.07, 6.45) is 0. The first kappa shape index (κ1) is 20.2. The molecule has 0 saturated carbocycles. The van der Waals surface area contributed by atoms with Crippen molar-refractivity contribution in [1.29, 1.82) is 0 Å². The maximum Gasteiger partial charge on any atom is 0.317 e. The van der Waals surface area contributed by atoms with Gasteiger partial charge in [-0.2, -0.15) is 13.1 Å². The predicted octanol–water partition coefficient (Wildman–Crippen LogP) is 2.67. The number of urea groups is 1. The summed E-state index contributed by atoms with van der Waals surface area (Å²) in [7, 11) is -3.69. The van der Waals surface area contributed by atoms with Gasteiger partial charge in [-0.15, -0.1) is 0 Å². The van der Waals surface area contributed by atoms with Crippen molar-refractivity contribution in [1.82, 2.24) is 23.3 Å². The summed E-state index contributed by atoms with van der Waals surface area (Å²) in [5, 5.41) is 2.88. The highest BCUT2D eigenvalue weighted by Crippen LogP contribution is 2.25. The molecule has 3 aromatic rings. The number of halogens is 1. The van der Waals surface area contributed by atoms with E-state index >= 15 is 0 Å². The zero-order chi connectivity index (χ0) is 20.4. The van der Waals surface area contributed by atoms with Crippen molar-refractivity contribution < 1.29 is 13.2 Å². The zero-order valence-electron chi connectivity index (χ0n) is 15.3. The van der Waals surface area contributed by atoms with Crippen molar-refractivity contribution in [2.24, 2.45) is 0 Å². The number of hydrogen-bond acceptors (Lipinski definition) is 6. The Morgan fingerprint density at radius 2 is 1.86 bits per heavy atom. The molecule has 1 fully saturated rings. The molecule has 2 aromatic carbocycles. The Balaban J connectivity index is 1.38. The molecule has 1 aromatic heterocycles. The minimum absolute atomic E-state index is 0.163. The van der Waals surface area contributed by atoms with Gasteiger partial charge < -0.3 is 10.2 Å². The largest absolute Gasteiger partial charge is 0.334 e. The zero-order valence-corrected chi connectivity index (χ0v) is 18.5. The van der Waals surface area contributed by atoms with Crippen LogP contribution in [0.25, 0.3) is 11.0 Å². The Kier molecular flexibility index (Phi) is 5.81. The third-order valence-electron chi connectivity index (χ3n) is 4.73. The molecule has 0 atom stereocenters. The maximum absolute atomic E-state index is 13.1. The number of amides is 2. The molecule has 4 rings (SSSR count). The lowest BCUT2D eigenvalue weighted by Crippen LogP contribution is -2.53. The van der Waals surface area contributed by atoms with Crippen LogP contribution in [0, 0.1) is 0 Å². The molecule has 152 valence electrons. The van der Waals surface area contributed by atoms with Crippen LogP contribution in [-0.2, 0) is 16.6 Å². The number of benzene rings is 2. The monoisotopic (exact) mass is 495 g/mol. The van der Waals surface area contributed by atoms with Gasteiger partial charge in [0, 0.05) is 37.2 Å². The number of aromatic nitrogens is 2. The van der Waals surface area contributed by atoms with Crippen molar-refractivity contribution in [3.63, 3.8) is 0 Å². The number of nitrogens with zero attached hydrogens (tertiary/aromatic N) is 4. The van der Waals surface area contributed by atoms with E-state index in [2.05, 4.69) is 30.0 Å². The molecule has 8 nitrogen and oxygen atoms in total. The van der Waals surface area contributed by atoms with Gasteiger partial charge in [-0.1, -0.05) is 34.1 Å². The van der Waals surface area contributed by atoms with Gasteiger partial charge in [0.1, 0.15) is 15.9 Å². The second-order valence-corrected chi connectivity index (χ2v) is 9.92. The normalized spacial score (nSPS) is 15.6. The topological polar surface area (TPSA) is 95.5 Å². The fraction of sp³-hybridized carbons (Fsp3) is 0.278. The lowest BCUT2D eigenvalue weighted by atomic mass is 10.2. The quantitative estimate of drug-likeness (QED) is 0.600. The van der Waals surface area contributed by atoms with Gasteiger partial charge in [0.15, 0.2) is 0 Å². The molecule has 0 bridgehead atoms. The lowest BCUT2D eigenvalue weighted by Gasteiger charge is -2.34. The molecule has 0 unspecified atom stereocenters. The van der Waals surface area contributed by atoms with E-state index in [0.717, 1.165) is 21.8 Å². The number of carbonyl (C=O) groups excluding carboxylic acids is 1. The van der Waals surface area contributed by atoms with Crippen LogP contribution in [0.4, 0.5) is 4.79 Å². The third kappa shape index (κ3) is 4.27. The molecule has 1 N–H and O–H groups in total. The molecule has 0 radical (unpaired) electrons. The second-order valence-electron chi connectivity index (χ2n) is 6.57. The van der Waals surface area contributed by atoms with E-state index in [4.69, 9.17) is 0 Å². The molecular weight excluding hydrogens is 478 g/mol. The molecule has 0 spiro atoms. The van der Waals surface area contributed by atoms with E-state index < -0.39 is 10.0 Å². The first-order valence-corrected chi connectivity index (χ1v) is 11.9. The van der Waals surface area contributed by atoms with E-state index in [1.54, 1.807) is 23.1 Å². The second kappa shape index (κ2) is 8.34. The molecule has 0 aliphatic carbocycles. The van der Waals surface area contributed by atoms with Crippen LogP contribution >= 0.6 is 27.7 Å². The summed E-state index contributed by atoms with van der Waals surface area (Å²) in [5.74, 6) is 0. The number of carbonyl (C=O) groups is 1. The molecule has 2 amide bonds. The number of nitrogens with one attached hydrogen (secondary N) is 1. The number of hydrogen-bond donors (Lipinski definition) is 1. The lowest BCUT2D eigenvalue weighted by molar-refractivity contribution is 0.172. The molecule has 29 heavy (non-hydrogen) atoms. The highest BCUT2D eigenvalue weighted by atomic mass is 79.9. The van der Waals surface area contributed by atoms with Gasteiger partial charge in [0.2, 0.25) is 10.0 Å². The summed E-state index contributed by atoms with van der Waals surface area (Å²) in [6, 6.07) is 12.5. The van der Waals surface area contributed by atoms with E-state index in [1.165, 1.54) is 4.31 Å². The van der Waals surface area contributed by atoms with Crippen molar-refractivity contribution in [3.8, 4) is 0 Å². The van der Waals surface area contributed by atoms with Crippen LogP contribution in [-0.4, -0.2) is 58.6 Å². The number of piperazine rings is 1. The van der Waals surface area contributed by atoms with Crippen LogP contribution in [0.3, 0.4) is 0 Å². The molecular formula is C18H18BrN5O3S2. The highest BCUT2D eigenvalue weighted by Gasteiger charge is 2.31. The molecule has 2 heterocycles. The molecule has 1 aliphatic rings.